The normalized spacial score (nSPS) is 13.0. The van der Waals surface area contributed by atoms with Crippen molar-refractivity contribution < 1.29 is 41.1 Å². The molecular formula is C43H47N3O9S2. The molecule has 5 aromatic rings. The predicted octanol–water partition coefficient (Wildman–Crippen LogP) is 7.30. The number of carbonyl (C=O) groups is 2. The third kappa shape index (κ3) is 11.3. The van der Waals surface area contributed by atoms with Crippen molar-refractivity contribution in [1.82, 2.24) is 4.98 Å². The minimum Gasteiger partial charge on any atom is -0.491 e. The topological polar surface area (TPSA) is 143 Å². The summed E-state index contributed by atoms with van der Waals surface area (Å²) >= 11 is 1.43. The Hall–Kier alpha value is -4.96. The Bertz CT molecular complexity index is 2280. The summed E-state index contributed by atoms with van der Waals surface area (Å²) in [6.45, 7) is 9.68. The second kappa shape index (κ2) is 19.5. The molecule has 12 nitrogen and oxygen atoms in total. The van der Waals surface area contributed by atoms with Gasteiger partial charge in [0.25, 0.3) is 16.0 Å². The number of ether oxygens (including phenoxy) is 4. The zero-order chi connectivity index (χ0) is 40.4. The number of nitrogens with one attached hydrogen (secondary N) is 1. The third-order valence-corrected chi connectivity index (χ3v) is 11.5. The van der Waals surface area contributed by atoms with Crippen LogP contribution in [0.25, 0.3) is 11.3 Å². The smallest absolute Gasteiger partial charge is 0.299 e. The zero-order valence-corrected chi connectivity index (χ0v) is 34.1. The van der Waals surface area contributed by atoms with Crippen LogP contribution >= 0.6 is 11.3 Å². The first-order valence-corrected chi connectivity index (χ1v) is 21.0. The fourth-order valence-electron chi connectivity index (χ4n) is 6.31. The van der Waals surface area contributed by atoms with Gasteiger partial charge in [-0.05, 0) is 93.3 Å². The molecule has 2 heterocycles. The summed E-state index contributed by atoms with van der Waals surface area (Å²) in [5, 5.41) is 3.48. The van der Waals surface area contributed by atoms with Gasteiger partial charge in [-0.25, -0.2) is 9.17 Å². The molecule has 2 amide bonds. The number of carbonyl (C=O) groups excluding carboxylic acids is 2. The van der Waals surface area contributed by atoms with E-state index in [4.69, 9.17) is 28.1 Å². The molecular weight excluding hydrogens is 767 g/mol. The number of aryl methyl sites for hydroxylation is 3. The summed E-state index contributed by atoms with van der Waals surface area (Å²) in [6.07, 6.45) is -0.0437. The monoisotopic (exact) mass is 813 g/mol. The maximum absolute atomic E-state index is 13.3. The van der Waals surface area contributed by atoms with Gasteiger partial charge in [0.15, 0.2) is 11.4 Å². The average Bonchev–Trinajstić information content (AvgIpc) is 3.77. The molecule has 0 saturated carbocycles. The quantitative estimate of drug-likeness (QED) is 0.0513. The van der Waals surface area contributed by atoms with Crippen molar-refractivity contribution in [2.24, 2.45) is 0 Å². The summed E-state index contributed by atoms with van der Waals surface area (Å²) < 4.78 is 52.1. The van der Waals surface area contributed by atoms with E-state index < -0.39 is 16.4 Å². The molecule has 300 valence electrons. The van der Waals surface area contributed by atoms with Crippen LogP contribution in [-0.4, -0.2) is 77.7 Å². The number of fused-ring (bicyclic) bond motifs is 1. The molecule has 57 heavy (non-hydrogen) atoms. The van der Waals surface area contributed by atoms with Crippen LogP contribution in [0.15, 0.2) is 95.9 Å². The molecule has 1 unspecified atom stereocenters. The van der Waals surface area contributed by atoms with Gasteiger partial charge in [0.1, 0.15) is 12.4 Å². The first-order valence-electron chi connectivity index (χ1n) is 18.7. The lowest BCUT2D eigenvalue weighted by atomic mass is 10.0. The molecule has 1 aromatic heterocycles. The van der Waals surface area contributed by atoms with Crippen molar-refractivity contribution in [1.29, 1.82) is 0 Å². The van der Waals surface area contributed by atoms with Crippen molar-refractivity contribution in [2.45, 2.75) is 51.7 Å². The highest BCUT2D eigenvalue weighted by Gasteiger charge is 2.27. The summed E-state index contributed by atoms with van der Waals surface area (Å²) in [6, 6.07) is 27.5. The molecule has 6 rings (SSSR count). The Kier molecular flexibility index (Phi) is 14.2. The van der Waals surface area contributed by atoms with Gasteiger partial charge in [0.05, 0.1) is 50.0 Å². The van der Waals surface area contributed by atoms with E-state index in [9.17, 15) is 18.0 Å². The minimum absolute atomic E-state index is 0.00874. The van der Waals surface area contributed by atoms with Crippen LogP contribution in [0.3, 0.4) is 0 Å². The van der Waals surface area contributed by atoms with Gasteiger partial charge in [-0.2, -0.15) is 8.42 Å². The number of thiazole rings is 1. The van der Waals surface area contributed by atoms with E-state index in [0.717, 1.165) is 50.5 Å². The van der Waals surface area contributed by atoms with Crippen molar-refractivity contribution >= 4 is 44.1 Å². The van der Waals surface area contributed by atoms with Crippen LogP contribution in [0, 0.1) is 20.8 Å². The number of amides is 2. The van der Waals surface area contributed by atoms with Gasteiger partial charge >= 0.3 is 0 Å². The van der Waals surface area contributed by atoms with Crippen LogP contribution in [-0.2, 0) is 46.1 Å². The molecule has 1 aliphatic rings. The fourth-order valence-corrected chi connectivity index (χ4v) is 8.16. The van der Waals surface area contributed by atoms with Gasteiger partial charge in [-0.1, -0.05) is 54.1 Å². The number of hydrogen-bond acceptors (Lipinski definition) is 11. The lowest BCUT2D eigenvalue weighted by Gasteiger charge is -2.18. The number of benzene rings is 4. The van der Waals surface area contributed by atoms with E-state index >= 15 is 0 Å². The molecule has 0 aliphatic carbocycles. The third-order valence-electron chi connectivity index (χ3n) is 9.20. The molecule has 0 bridgehead atoms. The van der Waals surface area contributed by atoms with Crippen LogP contribution in [0.4, 0.5) is 10.8 Å². The summed E-state index contributed by atoms with van der Waals surface area (Å²) in [5.41, 5.74) is 7.20. The number of nitrogens with zero attached hydrogens (tertiary/aromatic N) is 2. The molecule has 0 fully saturated rings. The lowest BCUT2D eigenvalue weighted by Crippen LogP contribution is -2.29. The van der Waals surface area contributed by atoms with Gasteiger partial charge < -0.3 is 29.2 Å². The molecule has 0 radical (unpaired) electrons. The maximum Gasteiger partial charge on any atom is 0.299 e. The van der Waals surface area contributed by atoms with Gasteiger partial charge in [0, 0.05) is 28.2 Å². The molecule has 1 N–H and O–H groups in total. The van der Waals surface area contributed by atoms with Crippen LogP contribution in [0.2, 0.25) is 0 Å². The predicted molar refractivity (Wildman–Crippen MR) is 220 cm³/mol. The number of hydrogen-bond donors (Lipinski definition) is 1. The van der Waals surface area contributed by atoms with Crippen molar-refractivity contribution in [2.75, 3.05) is 56.4 Å². The Balaban J connectivity index is 0.876. The maximum atomic E-state index is 13.3. The Morgan fingerprint density at radius 2 is 1.60 bits per heavy atom. The second-order valence-electron chi connectivity index (χ2n) is 13.5. The Morgan fingerprint density at radius 3 is 2.37 bits per heavy atom. The molecule has 0 spiro atoms. The van der Waals surface area contributed by atoms with Gasteiger partial charge in [0.2, 0.25) is 5.91 Å². The van der Waals surface area contributed by atoms with E-state index in [1.165, 1.54) is 30.4 Å². The van der Waals surface area contributed by atoms with Gasteiger partial charge in [-0.3, -0.25) is 9.59 Å². The standard InChI is InChI=1S/C43H47N3O9S2/c1-29-12-15-37(16-13-29)57(49,50)55-32(4)53-24-22-51-20-21-52-23-25-54-36-10-7-9-33(26-36)27-40(47)44-43-45-41(31(3)56-43)35-14-17-39-34(28-35)18-19-46(39)42(48)38-11-6-5-8-30(38)2/h5-17,26,28,32H,18-25,27H2,1-4H3,(H,44,45,47). The number of rotatable bonds is 19. The molecule has 14 heteroatoms. The highest BCUT2D eigenvalue weighted by Crippen LogP contribution is 2.36. The SMILES string of the molecule is Cc1ccc(S(=O)(=O)OC(C)OCCOCCOCCOc2cccc(CC(=O)Nc3nc(-c4ccc5c(c4)CCN5C(=O)c4ccccc4C)c(C)s3)c2)cc1. The van der Waals surface area contributed by atoms with Crippen LogP contribution < -0.4 is 15.0 Å². The Labute approximate surface area is 337 Å². The lowest BCUT2D eigenvalue weighted by molar-refractivity contribution is -0.115. The largest absolute Gasteiger partial charge is 0.491 e. The zero-order valence-electron chi connectivity index (χ0n) is 32.5. The fraction of sp³-hybridized carbons (Fsp3) is 0.326. The van der Waals surface area contributed by atoms with Crippen molar-refractivity contribution in [3.05, 3.63) is 124 Å². The minimum atomic E-state index is -3.92. The average molecular weight is 814 g/mol. The van der Waals surface area contributed by atoms with E-state index in [2.05, 4.69) is 11.4 Å². The van der Waals surface area contributed by atoms with Crippen LogP contribution in [0.1, 0.15) is 44.4 Å². The Morgan fingerprint density at radius 1 is 0.860 bits per heavy atom. The van der Waals surface area contributed by atoms with E-state index in [1.807, 2.05) is 86.3 Å². The van der Waals surface area contributed by atoms with E-state index in [-0.39, 0.29) is 36.3 Å². The highest BCUT2D eigenvalue weighted by molar-refractivity contribution is 7.86. The summed E-state index contributed by atoms with van der Waals surface area (Å²) in [5.74, 6) is 0.449. The van der Waals surface area contributed by atoms with Crippen molar-refractivity contribution in [3.63, 3.8) is 0 Å². The molecule has 1 aliphatic heterocycles. The van der Waals surface area contributed by atoms with Crippen molar-refractivity contribution in [3.8, 4) is 17.0 Å². The molecule has 1 atom stereocenters. The second-order valence-corrected chi connectivity index (χ2v) is 16.3. The molecule has 0 saturated heterocycles. The highest BCUT2D eigenvalue weighted by atomic mass is 32.2. The first kappa shape index (κ1) is 41.7. The summed E-state index contributed by atoms with van der Waals surface area (Å²) in [4.78, 5) is 34.0. The number of anilines is 2. The van der Waals surface area contributed by atoms with Crippen LogP contribution in [0.5, 0.6) is 5.75 Å². The van der Waals surface area contributed by atoms with E-state index in [0.29, 0.717) is 49.4 Å². The summed E-state index contributed by atoms with van der Waals surface area (Å²) in [7, 11) is -3.92. The molecule has 4 aromatic carbocycles. The first-order chi connectivity index (χ1) is 27.5. The van der Waals surface area contributed by atoms with E-state index in [1.54, 1.807) is 12.1 Å². The number of aromatic nitrogens is 1. The van der Waals surface area contributed by atoms with Gasteiger partial charge in [-0.15, -0.1) is 11.3 Å².